The number of carbonyl (C=O) groups excluding carboxylic acids is 1. The zero-order valence-corrected chi connectivity index (χ0v) is 12.1. The Morgan fingerprint density at radius 3 is 2.81 bits per heavy atom. The van der Waals surface area contributed by atoms with Gasteiger partial charge in [0.05, 0.1) is 6.10 Å². The third-order valence-electron chi connectivity index (χ3n) is 3.29. The number of amides is 2. The van der Waals surface area contributed by atoms with Crippen molar-refractivity contribution >= 4 is 24.1 Å². The lowest BCUT2D eigenvalue weighted by Crippen LogP contribution is -2.46. The lowest BCUT2D eigenvalue weighted by molar-refractivity contribution is 0.0830. The van der Waals surface area contributed by atoms with Gasteiger partial charge >= 0.3 is 6.03 Å². The number of aliphatic hydroxyl groups is 1. The summed E-state index contributed by atoms with van der Waals surface area (Å²) in [5.41, 5.74) is 0.173. The molecule has 0 saturated carbocycles. The maximum atomic E-state index is 13.0. The number of piperidine rings is 1. The van der Waals surface area contributed by atoms with Gasteiger partial charge in [-0.05, 0) is 25.1 Å². The molecule has 1 fully saturated rings. The summed E-state index contributed by atoms with van der Waals surface area (Å²) in [5, 5.41) is 17.8. The Kier molecular flexibility index (Phi) is 6.80. The van der Waals surface area contributed by atoms with Crippen LogP contribution in [0.25, 0.3) is 0 Å². The normalized spacial score (nSPS) is 21.3. The van der Waals surface area contributed by atoms with Gasteiger partial charge in [-0.15, -0.1) is 12.4 Å². The van der Waals surface area contributed by atoms with Crippen LogP contribution < -0.4 is 16.0 Å². The second kappa shape index (κ2) is 8.11. The number of hydrogen-bond acceptors (Lipinski definition) is 3. The second-order valence-electron chi connectivity index (χ2n) is 4.78. The number of anilines is 1. The van der Waals surface area contributed by atoms with Gasteiger partial charge in [0.15, 0.2) is 11.6 Å². The third kappa shape index (κ3) is 5.11. The number of nitrogens with one attached hydrogen (secondary N) is 3. The number of halogens is 3. The molecule has 0 aromatic heterocycles. The van der Waals surface area contributed by atoms with Gasteiger partial charge in [-0.1, -0.05) is 0 Å². The topological polar surface area (TPSA) is 73.4 Å². The first-order valence-corrected chi connectivity index (χ1v) is 6.45. The van der Waals surface area contributed by atoms with E-state index in [9.17, 15) is 18.7 Å². The van der Waals surface area contributed by atoms with Gasteiger partial charge in [0.2, 0.25) is 0 Å². The molecule has 1 aromatic carbocycles. The molecule has 2 amide bonds. The Bertz CT molecular complexity index is 490. The average Bonchev–Trinajstić information content (AvgIpc) is 2.42. The van der Waals surface area contributed by atoms with Crippen molar-refractivity contribution in [3.63, 3.8) is 0 Å². The summed E-state index contributed by atoms with van der Waals surface area (Å²) in [6, 6.07) is 2.62. The molecule has 2 atom stereocenters. The van der Waals surface area contributed by atoms with E-state index in [0.717, 1.165) is 25.1 Å². The Labute approximate surface area is 127 Å². The minimum atomic E-state index is -1.02. The fraction of sp³-hybridized carbons (Fsp3) is 0.462. The van der Waals surface area contributed by atoms with Crippen molar-refractivity contribution in [2.45, 2.75) is 12.5 Å². The van der Waals surface area contributed by atoms with E-state index in [0.29, 0.717) is 13.1 Å². The van der Waals surface area contributed by atoms with Crippen molar-refractivity contribution in [1.29, 1.82) is 0 Å². The van der Waals surface area contributed by atoms with Crippen molar-refractivity contribution < 1.29 is 18.7 Å². The number of benzene rings is 1. The van der Waals surface area contributed by atoms with Gasteiger partial charge in [-0.3, -0.25) is 0 Å². The number of aliphatic hydroxyl groups excluding tert-OH is 1. The Morgan fingerprint density at radius 2 is 2.14 bits per heavy atom. The van der Waals surface area contributed by atoms with Crippen LogP contribution in [0.3, 0.4) is 0 Å². The Hall–Kier alpha value is -1.44. The maximum Gasteiger partial charge on any atom is 0.319 e. The van der Waals surface area contributed by atoms with Gasteiger partial charge in [0, 0.05) is 30.8 Å². The highest BCUT2D eigenvalue weighted by molar-refractivity contribution is 5.89. The maximum absolute atomic E-state index is 13.0. The van der Waals surface area contributed by atoms with Crippen LogP contribution in [0.15, 0.2) is 18.2 Å². The third-order valence-corrected chi connectivity index (χ3v) is 3.29. The summed E-state index contributed by atoms with van der Waals surface area (Å²) < 4.78 is 25.7. The molecule has 0 aliphatic carbocycles. The van der Waals surface area contributed by atoms with Crippen molar-refractivity contribution in [2.24, 2.45) is 5.92 Å². The standard InChI is InChI=1S/C13H17F2N3O2.ClH/c14-10-2-1-9(5-11(10)15)18-13(20)17-6-8-3-4-16-7-12(8)19;/h1-2,5,8,12,16,19H,3-4,6-7H2,(H2,17,18,20);1H/t8-,12+;/m0./s1. The van der Waals surface area contributed by atoms with Crippen LogP contribution in [0, 0.1) is 17.6 Å². The minimum absolute atomic E-state index is 0. The van der Waals surface area contributed by atoms with Crippen LogP contribution in [0.5, 0.6) is 0 Å². The first-order chi connectivity index (χ1) is 9.56. The zero-order valence-electron chi connectivity index (χ0n) is 11.2. The number of carbonyl (C=O) groups is 1. The lowest BCUT2D eigenvalue weighted by Gasteiger charge is -2.28. The molecule has 1 aromatic rings. The summed E-state index contributed by atoms with van der Waals surface area (Å²) >= 11 is 0. The van der Waals surface area contributed by atoms with Gasteiger partial charge in [-0.2, -0.15) is 0 Å². The lowest BCUT2D eigenvalue weighted by atomic mass is 9.95. The van der Waals surface area contributed by atoms with Crippen LogP contribution in [-0.4, -0.2) is 36.9 Å². The summed E-state index contributed by atoms with van der Waals surface area (Å²) in [6.45, 7) is 1.64. The van der Waals surface area contributed by atoms with Crippen LogP contribution in [0.1, 0.15) is 6.42 Å². The quantitative estimate of drug-likeness (QED) is 0.681. The largest absolute Gasteiger partial charge is 0.391 e. The molecule has 0 radical (unpaired) electrons. The van der Waals surface area contributed by atoms with Gasteiger partial charge < -0.3 is 21.1 Å². The summed E-state index contributed by atoms with van der Waals surface area (Å²) in [4.78, 5) is 11.6. The smallest absolute Gasteiger partial charge is 0.319 e. The molecule has 1 heterocycles. The zero-order chi connectivity index (χ0) is 14.5. The van der Waals surface area contributed by atoms with E-state index in [4.69, 9.17) is 0 Å². The predicted molar refractivity (Wildman–Crippen MR) is 77.6 cm³/mol. The number of rotatable bonds is 3. The molecule has 0 unspecified atom stereocenters. The molecule has 1 aliphatic heterocycles. The van der Waals surface area contributed by atoms with Crippen LogP contribution >= 0.6 is 12.4 Å². The van der Waals surface area contributed by atoms with E-state index >= 15 is 0 Å². The fourth-order valence-electron chi connectivity index (χ4n) is 2.11. The summed E-state index contributed by atoms with van der Waals surface area (Å²) in [7, 11) is 0. The van der Waals surface area contributed by atoms with Crippen molar-refractivity contribution in [1.82, 2.24) is 10.6 Å². The molecule has 1 saturated heterocycles. The first kappa shape index (κ1) is 17.6. The molecular formula is C13H18ClF2N3O2. The van der Waals surface area contributed by atoms with Crippen LogP contribution in [-0.2, 0) is 0 Å². The van der Waals surface area contributed by atoms with E-state index in [1.165, 1.54) is 6.07 Å². The molecule has 4 N–H and O–H groups in total. The number of hydrogen-bond donors (Lipinski definition) is 4. The molecule has 8 heteroatoms. The van der Waals surface area contributed by atoms with Crippen molar-refractivity contribution in [3.8, 4) is 0 Å². The highest BCUT2D eigenvalue weighted by atomic mass is 35.5. The van der Waals surface area contributed by atoms with Crippen LogP contribution in [0.2, 0.25) is 0 Å². The van der Waals surface area contributed by atoms with E-state index in [1.807, 2.05) is 0 Å². The van der Waals surface area contributed by atoms with E-state index < -0.39 is 23.8 Å². The second-order valence-corrected chi connectivity index (χ2v) is 4.78. The van der Waals surface area contributed by atoms with Crippen LogP contribution in [0.4, 0.5) is 19.3 Å². The van der Waals surface area contributed by atoms with Gasteiger partial charge in [0.25, 0.3) is 0 Å². The molecule has 118 valence electrons. The Balaban J connectivity index is 0.00000220. The van der Waals surface area contributed by atoms with Gasteiger partial charge in [0.1, 0.15) is 0 Å². The molecular weight excluding hydrogens is 304 g/mol. The summed E-state index contributed by atoms with van der Waals surface area (Å²) in [5.74, 6) is -1.99. The fourth-order valence-corrected chi connectivity index (χ4v) is 2.11. The molecule has 0 bridgehead atoms. The average molecular weight is 322 g/mol. The van der Waals surface area contributed by atoms with E-state index in [2.05, 4.69) is 16.0 Å². The Morgan fingerprint density at radius 1 is 1.38 bits per heavy atom. The van der Waals surface area contributed by atoms with E-state index in [1.54, 1.807) is 0 Å². The van der Waals surface area contributed by atoms with Gasteiger partial charge in [-0.25, -0.2) is 13.6 Å². The molecule has 21 heavy (non-hydrogen) atoms. The predicted octanol–water partition coefficient (Wildman–Crippen LogP) is 1.48. The summed E-state index contributed by atoms with van der Waals surface area (Å²) in [6.07, 6.45) is 0.277. The van der Waals surface area contributed by atoms with Crippen molar-refractivity contribution in [2.75, 3.05) is 25.0 Å². The molecule has 0 spiro atoms. The SMILES string of the molecule is Cl.O=C(NC[C@@H]1CCNC[C@H]1O)Nc1ccc(F)c(F)c1. The number of β-amino-alcohol motifs (C(OH)–C–C–N with tert-alkyl or cyclic N) is 1. The minimum Gasteiger partial charge on any atom is -0.391 e. The molecule has 1 aliphatic rings. The monoisotopic (exact) mass is 321 g/mol. The number of urea groups is 1. The molecule has 5 nitrogen and oxygen atoms in total. The first-order valence-electron chi connectivity index (χ1n) is 6.45. The molecule has 2 rings (SSSR count). The highest BCUT2D eigenvalue weighted by Crippen LogP contribution is 2.13. The highest BCUT2D eigenvalue weighted by Gasteiger charge is 2.23. The van der Waals surface area contributed by atoms with Crippen molar-refractivity contribution in [3.05, 3.63) is 29.8 Å². The van der Waals surface area contributed by atoms with E-state index in [-0.39, 0.29) is 24.0 Å².